The Morgan fingerprint density at radius 2 is 1.88 bits per heavy atom. The van der Waals surface area contributed by atoms with Gasteiger partial charge in [0.15, 0.2) is 0 Å². The number of nitrogens with zero attached hydrogens (tertiary/aromatic N) is 4. The molecule has 26 heavy (non-hydrogen) atoms. The number of amides is 1. The third-order valence-electron chi connectivity index (χ3n) is 4.03. The van der Waals surface area contributed by atoms with E-state index in [0.29, 0.717) is 30.4 Å². The van der Waals surface area contributed by atoms with E-state index >= 15 is 0 Å². The zero-order valence-corrected chi connectivity index (χ0v) is 16.2. The van der Waals surface area contributed by atoms with E-state index in [0.717, 1.165) is 25.1 Å². The van der Waals surface area contributed by atoms with Gasteiger partial charge in [-0.25, -0.2) is 9.97 Å². The van der Waals surface area contributed by atoms with E-state index in [-0.39, 0.29) is 5.91 Å². The van der Waals surface area contributed by atoms with Crippen LogP contribution in [0, 0.1) is 6.92 Å². The summed E-state index contributed by atoms with van der Waals surface area (Å²) in [7, 11) is 4.11. The summed E-state index contributed by atoms with van der Waals surface area (Å²) in [6.07, 6.45) is 1.01. The van der Waals surface area contributed by atoms with E-state index in [1.54, 1.807) is 11.0 Å². The third kappa shape index (κ3) is 6.11. The number of aromatic nitrogens is 2. The third-order valence-corrected chi connectivity index (χ3v) is 4.03. The number of hydrogen-bond acceptors (Lipinski definition) is 5. The van der Waals surface area contributed by atoms with Crippen molar-refractivity contribution in [3.05, 3.63) is 53.5 Å². The number of carbonyl (C=O) groups excluding carboxylic acids is 1. The highest BCUT2D eigenvalue weighted by Gasteiger charge is 2.17. The number of anilines is 1. The quantitative estimate of drug-likeness (QED) is 0.701. The zero-order valence-electron chi connectivity index (χ0n) is 16.2. The number of aryl methyl sites for hydroxylation is 1. The second-order valence-electron chi connectivity index (χ2n) is 6.57. The van der Waals surface area contributed by atoms with Crippen molar-refractivity contribution in [2.75, 3.05) is 39.0 Å². The minimum atomic E-state index is -0.0711. The summed E-state index contributed by atoms with van der Waals surface area (Å²) >= 11 is 0. The molecule has 0 bridgehead atoms. The van der Waals surface area contributed by atoms with Crippen LogP contribution >= 0.6 is 0 Å². The van der Waals surface area contributed by atoms with Crippen LogP contribution in [0.15, 0.2) is 36.4 Å². The lowest BCUT2D eigenvalue weighted by molar-refractivity contribution is 0.0746. The number of carbonyl (C=O) groups is 1. The van der Waals surface area contributed by atoms with Crippen LogP contribution in [0.2, 0.25) is 0 Å². The first-order valence-corrected chi connectivity index (χ1v) is 9.07. The Morgan fingerprint density at radius 1 is 1.15 bits per heavy atom. The van der Waals surface area contributed by atoms with Crippen LogP contribution in [0.4, 0.5) is 5.82 Å². The molecule has 0 unspecified atom stereocenters. The predicted octanol–water partition coefficient (Wildman–Crippen LogP) is 2.81. The molecule has 0 atom stereocenters. The van der Waals surface area contributed by atoms with Crippen LogP contribution in [0.25, 0.3) is 0 Å². The van der Waals surface area contributed by atoms with Crippen LogP contribution in [0.3, 0.4) is 0 Å². The highest BCUT2D eigenvalue weighted by atomic mass is 16.2. The molecular formula is C20H29N5O. The lowest BCUT2D eigenvalue weighted by Crippen LogP contribution is -2.31. The molecular weight excluding hydrogens is 326 g/mol. The lowest BCUT2D eigenvalue weighted by atomic mass is 10.2. The van der Waals surface area contributed by atoms with Gasteiger partial charge in [0.1, 0.15) is 17.3 Å². The molecule has 2 rings (SSSR count). The Hall–Kier alpha value is -2.47. The van der Waals surface area contributed by atoms with Gasteiger partial charge in [-0.1, -0.05) is 30.3 Å². The van der Waals surface area contributed by atoms with Gasteiger partial charge < -0.3 is 15.1 Å². The average Bonchev–Trinajstić information content (AvgIpc) is 2.63. The first kappa shape index (κ1) is 19.8. The standard InChI is InChI=1S/C20H29N5O/c1-5-25(15-17-10-7-6-8-11-17)20(26)18-14-19(23-16(2)22-18)21-12-9-13-24(3)4/h6-8,10-11,14H,5,9,12-13,15H2,1-4H3,(H,21,22,23). The molecule has 0 saturated heterocycles. The summed E-state index contributed by atoms with van der Waals surface area (Å²) in [4.78, 5) is 25.6. The summed E-state index contributed by atoms with van der Waals surface area (Å²) in [6, 6.07) is 11.7. The van der Waals surface area contributed by atoms with Gasteiger partial charge in [-0.2, -0.15) is 0 Å². The maximum Gasteiger partial charge on any atom is 0.272 e. The predicted molar refractivity (Wildman–Crippen MR) is 105 cm³/mol. The van der Waals surface area contributed by atoms with Gasteiger partial charge in [-0.3, -0.25) is 4.79 Å². The maximum atomic E-state index is 12.9. The fourth-order valence-electron chi connectivity index (χ4n) is 2.67. The van der Waals surface area contributed by atoms with Crippen molar-refractivity contribution < 1.29 is 4.79 Å². The molecule has 1 heterocycles. The Bertz CT molecular complexity index is 703. The fourth-order valence-corrected chi connectivity index (χ4v) is 2.67. The second-order valence-corrected chi connectivity index (χ2v) is 6.57. The summed E-state index contributed by atoms with van der Waals surface area (Å²) in [6.45, 7) is 6.81. The first-order valence-electron chi connectivity index (χ1n) is 9.07. The van der Waals surface area contributed by atoms with Crippen LogP contribution in [0.5, 0.6) is 0 Å². The molecule has 1 aromatic heterocycles. The van der Waals surface area contributed by atoms with Gasteiger partial charge in [-0.15, -0.1) is 0 Å². The number of nitrogens with one attached hydrogen (secondary N) is 1. The van der Waals surface area contributed by atoms with Crippen molar-refractivity contribution in [3.63, 3.8) is 0 Å². The minimum Gasteiger partial charge on any atom is -0.370 e. The SMILES string of the molecule is CCN(Cc1ccccc1)C(=O)c1cc(NCCCN(C)C)nc(C)n1. The smallest absolute Gasteiger partial charge is 0.272 e. The van der Waals surface area contributed by atoms with Crippen molar-refractivity contribution in [3.8, 4) is 0 Å². The Balaban J connectivity index is 2.06. The molecule has 0 radical (unpaired) electrons. The summed E-state index contributed by atoms with van der Waals surface area (Å²) in [5, 5.41) is 3.29. The zero-order chi connectivity index (χ0) is 18.9. The van der Waals surface area contributed by atoms with E-state index < -0.39 is 0 Å². The van der Waals surface area contributed by atoms with Crippen molar-refractivity contribution >= 4 is 11.7 Å². The molecule has 0 aliphatic rings. The maximum absolute atomic E-state index is 12.9. The van der Waals surface area contributed by atoms with Crippen molar-refractivity contribution in [1.29, 1.82) is 0 Å². The molecule has 6 heteroatoms. The van der Waals surface area contributed by atoms with Gasteiger partial charge in [-0.05, 0) is 46.5 Å². The summed E-state index contributed by atoms with van der Waals surface area (Å²) in [5.41, 5.74) is 1.54. The van der Waals surface area contributed by atoms with E-state index in [4.69, 9.17) is 0 Å². The molecule has 1 N–H and O–H groups in total. The van der Waals surface area contributed by atoms with Crippen LogP contribution in [-0.4, -0.2) is 59.4 Å². The first-order chi connectivity index (χ1) is 12.5. The number of rotatable bonds is 9. The summed E-state index contributed by atoms with van der Waals surface area (Å²) in [5.74, 6) is 1.23. The number of benzene rings is 1. The molecule has 2 aromatic rings. The monoisotopic (exact) mass is 355 g/mol. The van der Waals surface area contributed by atoms with Crippen molar-refractivity contribution in [2.24, 2.45) is 0 Å². The van der Waals surface area contributed by atoms with Gasteiger partial charge >= 0.3 is 0 Å². The fraction of sp³-hybridized carbons (Fsp3) is 0.450. The van der Waals surface area contributed by atoms with Crippen LogP contribution in [0.1, 0.15) is 35.2 Å². The molecule has 140 valence electrons. The van der Waals surface area contributed by atoms with E-state index in [1.807, 2.05) is 44.2 Å². The van der Waals surface area contributed by atoms with Crippen molar-refractivity contribution in [1.82, 2.24) is 19.8 Å². The molecule has 0 aliphatic carbocycles. The molecule has 0 aliphatic heterocycles. The van der Waals surface area contributed by atoms with E-state index in [2.05, 4.69) is 34.3 Å². The molecule has 6 nitrogen and oxygen atoms in total. The van der Waals surface area contributed by atoms with Gasteiger partial charge in [0, 0.05) is 25.7 Å². The largest absolute Gasteiger partial charge is 0.370 e. The second kappa shape index (κ2) is 9.87. The highest BCUT2D eigenvalue weighted by Crippen LogP contribution is 2.12. The Labute approximate surface area is 156 Å². The molecule has 0 spiro atoms. The van der Waals surface area contributed by atoms with Gasteiger partial charge in [0.25, 0.3) is 5.91 Å². The minimum absolute atomic E-state index is 0.0711. The van der Waals surface area contributed by atoms with Crippen molar-refractivity contribution in [2.45, 2.75) is 26.8 Å². The topological polar surface area (TPSA) is 61.4 Å². The average molecular weight is 355 g/mol. The molecule has 1 aromatic carbocycles. The van der Waals surface area contributed by atoms with Gasteiger partial charge in [0.05, 0.1) is 0 Å². The molecule has 1 amide bonds. The van der Waals surface area contributed by atoms with Gasteiger partial charge in [0.2, 0.25) is 0 Å². The van der Waals surface area contributed by atoms with E-state index in [9.17, 15) is 4.79 Å². The van der Waals surface area contributed by atoms with E-state index in [1.165, 1.54) is 0 Å². The number of hydrogen-bond donors (Lipinski definition) is 1. The Morgan fingerprint density at radius 3 is 2.54 bits per heavy atom. The van der Waals surface area contributed by atoms with Crippen LogP contribution < -0.4 is 5.32 Å². The normalized spacial score (nSPS) is 10.8. The van der Waals surface area contributed by atoms with Crippen LogP contribution in [-0.2, 0) is 6.54 Å². The Kier molecular flexibility index (Phi) is 7.53. The highest BCUT2D eigenvalue weighted by molar-refractivity contribution is 5.93. The summed E-state index contributed by atoms with van der Waals surface area (Å²) < 4.78 is 0. The molecule has 0 saturated carbocycles. The molecule has 0 fully saturated rings. The lowest BCUT2D eigenvalue weighted by Gasteiger charge is -2.21.